The number of nitrogens with one attached hydrogen (secondary N) is 3. The lowest BCUT2D eigenvalue weighted by atomic mass is 9.95. The molecule has 0 saturated carbocycles. The average molecular weight is 354 g/mol. The maximum Gasteiger partial charge on any atom is 0.319 e. The van der Waals surface area contributed by atoms with E-state index in [1.165, 1.54) is 35.0 Å². The van der Waals surface area contributed by atoms with Gasteiger partial charge < -0.3 is 15.6 Å². The number of aromatic nitrogens is 1. The molecule has 5 heteroatoms. The van der Waals surface area contributed by atoms with Crippen LogP contribution in [-0.2, 0) is 19.4 Å². The minimum Gasteiger partial charge on any atom is -0.358 e. The van der Waals surface area contributed by atoms with Gasteiger partial charge in [0.1, 0.15) is 0 Å². The number of hydrogen-bond donors (Lipinski definition) is 3. The van der Waals surface area contributed by atoms with E-state index in [-0.39, 0.29) is 6.03 Å². The second kappa shape index (κ2) is 6.81. The van der Waals surface area contributed by atoms with Gasteiger partial charge in [-0.3, -0.25) is 0 Å². The molecular formula is C20H20ClN3O. The fourth-order valence-electron chi connectivity index (χ4n) is 3.49. The second-order valence-electron chi connectivity index (χ2n) is 6.49. The number of carbonyl (C=O) groups is 1. The molecule has 0 radical (unpaired) electrons. The number of hydrogen-bond acceptors (Lipinski definition) is 1. The van der Waals surface area contributed by atoms with Crippen LogP contribution in [0.1, 0.15) is 29.7 Å². The van der Waals surface area contributed by atoms with E-state index >= 15 is 0 Å². The third-order valence-corrected chi connectivity index (χ3v) is 4.93. The number of urea groups is 1. The molecule has 128 valence electrons. The van der Waals surface area contributed by atoms with Crippen LogP contribution in [0.5, 0.6) is 0 Å². The quantitative estimate of drug-likeness (QED) is 0.608. The maximum atomic E-state index is 12.1. The van der Waals surface area contributed by atoms with Crippen molar-refractivity contribution in [3.63, 3.8) is 0 Å². The van der Waals surface area contributed by atoms with Gasteiger partial charge in [-0.25, -0.2) is 4.79 Å². The first kappa shape index (κ1) is 16.0. The molecule has 0 bridgehead atoms. The number of carbonyl (C=O) groups excluding carboxylic acids is 1. The molecule has 2 amide bonds. The first-order chi connectivity index (χ1) is 12.2. The molecule has 0 aliphatic heterocycles. The number of aromatic amines is 1. The molecule has 0 atom stereocenters. The van der Waals surface area contributed by atoms with Crippen molar-refractivity contribution in [2.45, 2.75) is 32.2 Å². The standard InChI is InChI=1S/C20H20ClN3O/c21-14-4-3-5-15(11-14)23-20(25)22-12-13-8-9-19-17(10-13)16-6-1-2-7-18(16)24-19/h3-5,8-11,24H,1-2,6-7,12H2,(H2,22,23,25). The fraction of sp³-hybridized carbons (Fsp3) is 0.250. The Hall–Kier alpha value is -2.46. The van der Waals surface area contributed by atoms with Gasteiger partial charge in [0.25, 0.3) is 0 Å². The molecule has 0 saturated heterocycles. The van der Waals surface area contributed by atoms with Crippen LogP contribution < -0.4 is 10.6 Å². The van der Waals surface area contributed by atoms with Gasteiger partial charge in [-0.15, -0.1) is 0 Å². The summed E-state index contributed by atoms with van der Waals surface area (Å²) in [4.78, 5) is 15.6. The van der Waals surface area contributed by atoms with E-state index in [4.69, 9.17) is 11.6 Å². The lowest BCUT2D eigenvalue weighted by Gasteiger charge is -2.11. The van der Waals surface area contributed by atoms with E-state index in [2.05, 4.69) is 33.8 Å². The van der Waals surface area contributed by atoms with Crippen LogP contribution in [-0.4, -0.2) is 11.0 Å². The highest BCUT2D eigenvalue weighted by Gasteiger charge is 2.15. The predicted molar refractivity (Wildman–Crippen MR) is 102 cm³/mol. The molecule has 3 aromatic rings. The van der Waals surface area contributed by atoms with Crippen molar-refractivity contribution in [2.75, 3.05) is 5.32 Å². The van der Waals surface area contributed by atoms with Crippen molar-refractivity contribution in [3.8, 4) is 0 Å². The third-order valence-electron chi connectivity index (χ3n) is 4.70. The molecule has 1 aliphatic carbocycles. The zero-order valence-corrected chi connectivity index (χ0v) is 14.6. The molecular weight excluding hydrogens is 334 g/mol. The summed E-state index contributed by atoms with van der Waals surface area (Å²) in [5, 5.41) is 7.59. The Kier molecular flexibility index (Phi) is 4.36. The van der Waals surface area contributed by atoms with Crippen LogP contribution in [0.3, 0.4) is 0 Å². The van der Waals surface area contributed by atoms with Crippen molar-refractivity contribution in [1.82, 2.24) is 10.3 Å². The Labute approximate surface area is 151 Å². The fourth-order valence-corrected chi connectivity index (χ4v) is 3.68. The highest BCUT2D eigenvalue weighted by Crippen LogP contribution is 2.29. The highest BCUT2D eigenvalue weighted by molar-refractivity contribution is 6.30. The number of rotatable bonds is 3. The molecule has 0 unspecified atom stereocenters. The van der Waals surface area contributed by atoms with Gasteiger partial charge in [0, 0.05) is 33.9 Å². The smallest absolute Gasteiger partial charge is 0.319 e. The molecule has 1 aromatic heterocycles. The Morgan fingerprint density at radius 1 is 1.12 bits per heavy atom. The Morgan fingerprint density at radius 2 is 2.00 bits per heavy atom. The summed E-state index contributed by atoms with van der Waals surface area (Å²) in [7, 11) is 0. The summed E-state index contributed by atoms with van der Waals surface area (Å²) in [5.74, 6) is 0. The van der Waals surface area contributed by atoms with Gasteiger partial charge in [-0.2, -0.15) is 0 Å². The summed E-state index contributed by atoms with van der Waals surface area (Å²) in [6, 6.07) is 13.2. The Bertz CT molecular complexity index is 932. The Morgan fingerprint density at radius 3 is 2.88 bits per heavy atom. The zero-order valence-electron chi connectivity index (χ0n) is 13.9. The van der Waals surface area contributed by atoms with Crippen molar-refractivity contribution < 1.29 is 4.79 Å². The van der Waals surface area contributed by atoms with Crippen LogP contribution in [0.2, 0.25) is 5.02 Å². The molecule has 4 nitrogen and oxygen atoms in total. The first-order valence-corrected chi connectivity index (χ1v) is 8.99. The normalized spacial score (nSPS) is 13.5. The summed E-state index contributed by atoms with van der Waals surface area (Å²) < 4.78 is 0. The van der Waals surface area contributed by atoms with E-state index < -0.39 is 0 Å². The van der Waals surface area contributed by atoms with Crippen LogP contribution in [0.25, 0.3) is 10.9 Å². The number of anilines is 1. The molecule has 2 aromatic carbocycles. The van der Waals surface area contributed by atoms with Crippen LogP contribution in [0.15, 0.2) is 42.5 Å². The third kappa shape index (κ3) is 3.49. The SMILES string of the molecule is O=C(NCc1ccc2[nH]c3c(c2c1)CCCC3)Nc1cccc(Cl)c1. The first-order valence-electron chi connectivity index (χ1n) is 8.62. The van der Waals surface area contributed by atoms with Crippen molar-refractivity contribution in [2.24, 2.45) is 0 Å². The van der Waals surface area contributed by atoms with Gasteiger partial charge in [-0.05, 0) is 67.1 Å². The molecule has 25 heavy (non-hydrogen) atoms. The number of amides is 2. The van der Waals surface area contributed by atoms with E-state index in [9.17, 15) is 4.79 Å². The summed E-state index contributed by atoms with van der Waals surface area (Å²) >= 11 is 5.93. The van der Waals surface area contributed by atoms with E-state index in [0.29, 0.717) is 17.3 Å². The largest absolute Gasteiger partial charge is 0.358 e. The van der Waals surface area contributed by atoms with E-state index in [1.54, 1.807) is 18.2 Å². The summed E-state index contributed by atoms with van der Waals surface area (Å²) in [5.41, 5.74) is 5.80. The lowest BCUT2D eigenvalue weighted by Crippen LogP contribution is -2.28. The molecule has 1 aliphatic rings. The van der Waals surface area contributed by atoms with E-state index in [1.807, 2.05) is 6.07 Å². The molecule has 4 rings (SSSR count). The molecule has 0 fully saturated rings. The second-order valence-corrected chi connectivity index (χ2v) is 6.92. The minimum atomic E-state index is -0.238. The maximum absolute atomic E-state index is 12.1. The average Bonchev–Trinajstić information content (AvgIpc) is 2.98. The van der Waals surface area contributed by atoms with Gasteiger partial charge in [0.2, 0.25) is 0 Å². The summed E-state index contributed by atoms with van der Waals surface area (Å²) in [6.07, 6.45) is 4.80. The summed E-state index contributed by atoms with van der Waals surface area (Å²) in [6.45, 7) is 0.488. The van der Waals surface area contributed by atoms with Crippen molar-refractivity contribution in [1.29, 1.82) is 0 Å². The van der Waals surface area contributed by atoms with Gasteiger partial charge in [0.05, 0.1) is 0 Å². The monoisotopic (exact) mass is 353 g/mol. The minimum absolute atomic E-state index is 0.238. The Balaban J connectivity index is 1.44. The van der Waals surface area contributed by atoms with Gasteiger partial charge in [0.15, 0.2) is 0 Å². The molecule has 1 heterocycles. The van der Waals surface area contributed by atoms with Crippen LogP contribution in [0, 0.1) is 0 Å². The topological polar surface area (TPSA) is 56.9 Å². The van der Waals surface area contributed by atoms with Crippen LogP contribution in [0.4, 0.5) is 10.5 Å². The van der Waals surface area contributed by atoms with Crippen LogP contribution >= 0.6 is 11.6 Å². The van der Waals surface area contributed by atoms with Crippen molar-refractivity contribution in [3.05, 3.63) is 64.3 Å². The number of H-pyrrole nitrogens is 1. The molecule has 0 spiro atoms. The number of aryl methyl sites for hydroxylation is 2. The van der Waals surface area contributed by atoms with E-state index in [0.717, 1.165) is 18.4 Å². The predicted octanol–water partition coefficient (Wildman–Crippen LogP) is 5.02. The van der Waals surface area contributed by atoms with Crippen molar-refractivity contribution >= 4 is 34.2 Å². The lowest BCUT2D eigenvalue weighted by molar-refractivity contribution is 0.251. The number of benzene rings is 2. The number of fused-ring (bicyclic) bond motifs is 3. The van der Waals surface area contributed by atoms with Gasteiger partial charge in [-0.1, -0.05) is 23.7 Å². The van der Waals surface area contributed by atoms with Gasteiger partial charge >= 0.3 is 6.03 Å². The molecule has 3 N–H and O–H groups in total. The number of halogens is 1. The highest BCUT2D eigenvalue weighted by atomic mass is 35.5. The zero-order chi connectivity index (χ0) is 17.2.